The molecule has 0 radical (unpaired) electrons. The van der Waals surface area contributed by atoms with E-state index < -0.39 is 17.5 Å². The molecule has 1 amide bonds. The van der Waals surface area contributed by atoms with Crippen LogP contribution in [0.5, 0.6) is 0 Å². The van der Waals surface area contributed by atoms with E-state index in [4.69, 9.17) is 4.42 Å². The van der Waals surface area contributed by atoms with Crippen LogP contribution in [0.4, 0.5) is 14.5 Å². The van der Waals surface area contributed by atoms with Gasteiger partial charge < -0.3 is 9.73 Å². The third-order valence-electron chi connectivity index (χ3n) is 4.15. The summed E-state index contributed by atoms with van der Waals surface area (Å²) in [6.07, 6.45) is 4.32. The van der Waals surface area contributed by atoms with Crippen molar-refractivity contribution in [2.24, 2.45) is 0 Å². The minimum absolute atomic E-state index is 0.156. The summed E-state index contributed by atoms with van der Waals surface area (Å²) in [6.45, 7) is 1.77. The zero-order valence-corrected chi connectivity index (χ0v) is 15.4. The SMILES string of the molecule is Cc1ccc(NC(=O)c2nccs2)c(-c2c(F)cccc2F)c1-c1ncco1. The summed E-state index contributed by atoms with van der Waals surface area (Å²) in [6, 6.07) is 6.91. The highest BCUT2D eigenvalue weighted by atomic mass is 32.1. The number of thiazole rings is 1. The van der Waals surface area contributed by atoms with Gasteiger partial charge in [0.05, 0.1) is 17.3 Å². The molecule has 4 rings (SSSR count). The van der Waals surface area contributed by atoms with E-state index >= 15 is 0 Å². The lowest BCUT2D eigenvalue weighted by Crippen LogP contribution is -2.13. The number of amides is 1. The van der Waals surface area contributed by atoms with E-state index in [1.165, 1.54) is 24.7 Å². The molecule has 0 aliphatic carbocycles. The van der Waals surface area contributed by atoms with Gasteiger partial charge in [-0.05, 0) is 30.7 Å². The molecule has 0 unspecified atom stereocenters. The first-order valence-corrected chi connectivity index (χ1v) is 9.13. The van der Waals surface area contributed by atoms with Crippen molar-refractivity contribution in [1.29, 1.82) is 0 Å². The van der Waals surface area contributed by atoms with Crippen LogP contribution in [0.15, 0.2) is 58.8 Å². The summed E-state index contributed by atoms with van der Waals surface area (Å²) in [4.78, 5) is 20.6. The molecule has 0 atom stereocenters. The number of halogens is 2. The largest absolute Gasteiger partial charge is 0.444 e. The molecule has 0 saturated carbocycles. The molecule has 1 N–H and O–H groups in total. The van der Waals surface area contributed by atoms with Gasteiger partial charge >= 0.3 is 0 Å². The number of nitrogens with one attached hydrogen (secondary N) is 1. The minimum atomic E-state index is -0.761. The fourth-order valence-corrected chi connectivity index (χ4v) is 3.47. The van der Waals surface area contributed by atoms with Gasteiger partial charge in [0.25, 0.3) is 5.91 Å². The van der Waals surface area contributed by atoms with Crippen molar-refractivity contribution in [3.63, 3.8) is 0 Å². The molecule has 0 fully saturated rings. The Morgan fingerprint density at radius 2 is 1.82 bits per heavy atom. The van der Waals surface area contributed by atoms with E-state index in [-0.39, 0.29) is 27.7 Å². The molecule has 2 aromatic heterocycles. The van der Waals surface area contributed by atoms with Crippen molar-refractivity contribution in [2.75, 3.05) is 5.32 Å². The number of nitrogens with zero attached hydrogens (tertiary/aromatic N) is 2. The van der Waals surface area contributed by atoms with Gasteiger partial charge in [-0.3, -0.25) is 4.79 Å². The number of anilines is 1. The Balaban J connectivity index is 1.97. The maximum atomic E-state index is 14.7. The van der Waals surface area contributed by atoms with Crippen LogP contribution < -0.4 is 5.32 Å². The number of benzene rings is 2. The zero-order chi connectivity index (χ0) is 19.7. The lowest BCUT2D eigenvalue weighted by Gasteiger charge is -2.17. The van der Waals surface area contributed by atoms with Crippen LogP contribution in [-0.2, 0) is 0 Å². The predicted molar refractivity (Wildman–Crippen MR) is 102 cm³/mol. The van der Waals surface area contributed by atoms with Gasteiger partial charge in [0.1, 0.15) is 17.9 Å². The van der Waals surface area contributed by atoms with Crippen LogP contribution in [0, 0.1) is 18.6 Å². The first kappa shape index (κ1) is 18.0. The van der Waals surface area contributed by atoms with Crippen LogP contribution in [-0.4, -0.2) is 15.9 Å². The van der Waals surface area contributed by atoms with Crippen molar-refractivity contribution >= 4 is 22.9 Å². The van der Waals surface area contributed by atoms with Gasteiger partial charge in [0, 0.05) is 22.8 Å². The van der Waals surface area contributed by atoms with Crippen LogP contribution >= 0.6 is 11.3 Å². The molecule has 0 aliphatic heterocycles. The zero-order valence-electron chi connectivity index (χ0n) is 14.6. The van der Waals surface area contributed by atoms with E-state index in [1.807, 2.05) is 0 Å². The van der Waals surface area contributed by atoms with Crippen molar-refractivity contribution in [3.05, 3.63) is 76.6 Å². The monoisotopic (exact) mass is 397 g/mol. The number of oxazole rings is 1. The molecule has 0 bridgehead atoms. The normalized spacial score (nSPS) is 10.8. The lowest BCUT2D eigenvalue weighted by atomic mass is 9.93. The number of carbonyl (C=O) groups excluding carboxylic acids is 1. The third kappa shape index (κ3) is 3.18. The second-order valence-electron chi connectivity index (χ2n) is 5.91. The number of carbonyl (C=O) groups is 1. The van der Waals surface area contributed by atoms with Crippen LogP contribution in [0.1, 0.15) is 15.4 Å². The van der Waals surface area contributed by atoms with Gasteiger partial charge in [-0.1, -0.05) is 12.1 Å². The summed E-state index contributed by atoms with van der Waals surface area (Å²) < 4.78 is 34.7. The molecule has 8 heteroatoms. The molecule has 0 saturated heterocycles. The third-order valence-corrected chi connectivity index (χ3v) is 4.92. The predicted octanol–water partition coefficient (Wildman–Crippen LogP) is 5.30. The number of hydrogen-bond acceptors (Lipinski definition) is 5. The highest BCUT2D eigenvalue weighted by Gasteiger charge is 2.24. The molecule has 28 heavy (non-hydrogen) atoms. The van der Waals surface area contributed by atoms with Crippen LogP contribution in [0.3, 0.4) is 0 Å². The van der Waals surface area contributed by atoms with Crippen molar-refractivity contribution < 1.29 is 18.0 Å². The lowest BCUT2D eigenvalue weighted by molar-refractivity contribution is 0.102. The van der Waals surface area contributed by atoms with Gasteiger partial charge in [-0.15, -0.1) is 11.3 Å². The Labute approximate surface area is 162 Å². The minimum Gasteiger partial charge on any atom is -0.444 e. The first-order chi connectivity index (χ1) is 13.6. The van der Waals surface area contributed by atoms with E-state index in [2.05, 4.69) is 15.3 Å². The molecule has 2 aromatic carbocycles. The Morgan fingerprint density at radius 3 is 2.46 bits per heavy atom. The van der Waals surface area contributed by atoms with Crippen molar-refractivity contribution in [1.82, 2.24) is 9.97 Å². The van der Waals surface area contributed by atoms with Crippen molar-refractivity contribution in [2.45, 2.75) is 6.92 Å². The average molecular weight is 397 g/mol. The molecule has 140 valence electrons. The standard InChI is InChI=1S/C20H13F2N3O2S/c1-11-5-6-14(25-18(26)20-24-8-10-28-20)17(15(11)19-23-7-9-27-19)16-12(21)3-2-4-13(16)22/h2-10H,1H3,(H,25,26). The summed E-state index contributed by atoms with van der Waals surface area (Å²) in [5.41, 5.74) is 1.19. The quantitative estimate of drug-likeness (QED) is 0.507. The Morgan fingerprint density at radius 1 is 1.04 bits per heavy atom. The molecule has 4 aromatic rings. The summed E-state index contributed by atoms with van der Waals surface area (Å²) in [7, 11) is 0. The van der Waals surface area contributed by atoms with Gasteiger partial charge in [0.15, 0.2) is 5.01 Å². The Bertz CT molecular complexity index is 1120. The average Bonchev–Trinajstić information content (AvgIpc) is 3.37. The van der Waals surface area contributed by atoms with Gasteiger partial charge in [-0.25, -0.2) is 18.7 Å². The molecular formula is C20H13F2N3O2S. The Kier molecular flexibility index (Phi) is 4.70. The van der Waals surface area contributed by atoms with Crippen LogP contribution in [0.2, 0.25) is 0 Å². The Hall–Kier alpha value is -3.39. The topological polar surface area (TPSA) is 68.0 Å². The maximum Gasteiger partial charge on any atom is 0.284 e. The highest BCUT2D eigenvalue weighted by molar-refractivity contribution is 7.11. The van der Waals surface area contributed by atoms with Gasteiger partial charge in [-0.2, -0.15) is 0 Å². The highest BCUT2D eigenvalue weighted by Crippen LogP contribution is 2.42. The molecule has 5 nitrogen and oxygen atoms in total. The van der Waals surface area contributed by atoms with Gasteiger partial charge in [0.2, 0.25) is 5.89 Å². The number of aromatic nitrogens is 2. The van der Waals surface area contributed by atoms with Crippen LogP contribution in [0.25, 0.3) is 22.6 Å². The van der Waals surface area contributed by atoms with E-state index in [1.54, 1.807) is 24.4 Å². The fourth-order valence-electron chi connectivity index (χ4n) is 2.94. The molecule has 0 spiro atoms. The number of aryl methyl sites for hydroxylation is 1. The second-order valence-corrected chi connectivity index (χ2v) is 6.80. The maximum absolute atomic E-state index is 14.7. The summed E-state index contributed by atoms with van der Waals surface area (Å²) in [5, 5.41) is 4.60. The molecule has 0 aliphatic rings. The second kappa shape index (κ2) is 7.32. The molecular weight excluding hydrogens is 384 g/mol. The summed E-state index contributed by atoms with van der Waals surface area (Å²) >= 11 is 1.16. The number of rotatable bonds is 4. The van der Waals surface area contributed by atoms with E-state index in [9.17, 15) is 13.6 Å². The van der Waals surface area contributed by atoms with E-state index in [0.29, 0.717) is 11.1 Å². The smallest absolute Gasteiger partial charge is 0.284 e. The summed E-state index contributed by atoms with van der Waals surface area (Å²) in [5.74, 6) is -1.80. The number of hydrogen-bond donors (Lipinski definition) is 1. The fraction of sp³-hybridized carbons (Fsp3) is 0.0500. The van der Waals surface area contributed by atoms with Crippen molar-refractivity contribution in [3.8, 4) is 22.6 Å². The van der Waals surface area contributed by atoms with E-state index in [0.717, 1.165) is 23.5 Å². The first-order valence-electron chi connectivity index (χ1n) is 8.25. The molecule has 2 heterocycles.